The second kappa shape index (κ2) is 4.75. The number of hydrogen-bond donors (Lipinski definition) is 1. The van der Waals surface area contributed by atoms with Gasteiger partial charge in [0.1, 0.15) is 0 Å². The molecule has 0 spiro atoms. The summed E-state index contributed by atoms with van der Waals surface area (Å²) < 4.78 is 5.95. The minimum atomic E-state index is -0.373. The Morgan fingerprint density at radius 3 is 2.76 bits per heavy atom. The topological polar surface area (TPSA) is 52.3 Å². The third kappa shape index (κ3) is 2.26. The van der Waals surface area contributed by atoms with Crippen LogP contribution in [0.5, 0.6) is 0 Å². The summed E-state index contributed by atoms with van der Waals surface area (Å²) in [7, 11) is 0. The van der Waals surface area contributed by atoms with Crippen molar-refractivity contribution in [2.75, 3.05) is 12.3 Å². The Kier molecular flexibility index (Phi) is 3.33. The van der Waals surface area contributed by atoms with Gasteiger partial charge in [0.15, 0.2) is 0 Å². The van der Waals surface area contributed by atoms with Crippen molar-refractivity contribution in [2.24, 2.45) is 0 Å². The van der Waals surface area contributed by atoms with Gasteiger partial charge in [0, 0.05) is 10.2 Å². The quantitative estimate of drug-likeness (QED) is 0.864. The predicted octanol–water partition coefficient (Wildman–Crippen LogP) is 3.31. The molecule has 0 saturated carbocycles. The fourth-order valence-electron chi connectivity index (χ4n) is 1.75. The molecular formula is C13H12BrNO2. The van der Waals surface area contributed by atoms with E-state index in [0.29, 0.717) is 17.9 Å². The van der Waals surface area contributed by atoms with Gasteiger partial charge in [-0.2, -0.15) is 0 Å². The second-order valence-electron chi connectivity index (χ2n) is 3.62. The molecule has 0 aromatic rings. The van der Waals surface area contributed by atoms with E-state index in [1.54, 1.807) is 13.0 Å². The van der Waals surface area contributed by atoms with Crippen LogP contribution in [0.1, 0.15) is 17.3 Å². The first-order valence-electron chi connectivity index (χ1n) is 5.28. The molecule has 3 nitrogen and oxygen atoms in total. The summed E-state index contributed by atoms with van der Waals surface area (Å²) in [5.41, 5.74) is 8.50. The zero-order valence-electron chi connectivity index (χ0n) is 9.37. The summed E-state index contributed by atoms with van der Waals surface area (Å²) in [6, 6.07) is 9.36. The summed E-state index contributed by atoms with van der Waals surface area (Å²) in [6.45, 7) is 2.11. The number of hydrogen-bond acceptors (Lipinski definition) is 3. The monoisotopic (exact) mass is 293 g/mol. The maximum Gasteiger partial charge on any atom is 0.340 e. The van der Waals surface area contributed by atoms with Gasteiger partial charge < -0.3 is 10.5 Å². The Bertz CT molecular complexity index is 539. The molecule has 0 unspecified atom stereocenters. The van der Waals surface area contributed by atoms with Gasteiger partial charge in [0.05, 0.1) is 12.2 Å². The average Bonchev–Trinajstić information content (AvgIpc) is 2.50. The van der Waals surface area contributed by atoms with Crippen LogP contribution in [0.2, 0.25) is 0 Å². The number of nitrogen functional groups attached to an aromatic ring is 1. The lowest BCUT2D eigenvalue weighted by atomic mass is 10.1. The molecule has 2 aliphatic rings. The molecule has 0 aromatic carbocycles. The molecule has 0 atom stereocenters. The van der Waals surface area contributed by atoms with Crippen molar-refractivity contribution in [1.82, 2.24) is 0 Å². The zero-order chi connectivity index (χ0) is 12.4. The van der Waals surface area contributed by atoms with E-state index in [0.717, 1.165) is 15.6 Å². The van der Waals surface area contributed by atoms with E-state index in [2.05, 4.69) is 15.9 Å². The average molecular weight is 294 g/mol. The van der Waals surface area contributed by atoms with Crippen LogP contribution in [0.3, 0.4) is 0 Å². The van der Waals surface area contributed by atoms with Gasteiger partial charge in [-0.1, -0.05) is 28.1 Å². The minimum absolute atomic E-state index is 0.341. The van der Waals surface area contributed by atoms with Gasteiger partial charge in [-0.3, -0.25) is 0 Å². The van der Waals surface area contributed by atoms with E-state index in [1.165, 1.54) is 0 Å². The van der Waals surface area contributed by atoms with Crippen LogP contribution in [0.4, 0.5) is 5.69 Å². The van der Waals surface area contributed by atoms with Gasteiger partial charge in [-0.15, -0.1) is 0 Å². The number of fused-ring (bicyclic) bond motifs is 1. The SMILES string of the molecule is CCOC(=O)c1c(N)cc2ccc(Br)ccc1-2. The molecule has 0 fully saturated rings. The van der Waals surface area contributed by atoms with Crippen molar-refractivity contribution in [2.45, 2.75) is 6.92 Å². The number of esters is 1. The molecule has 0 aliphatic heterocycles. The van der Waals surface area contributed by atoms with E-state index in [9.17, 15) is 4.79 Å². The molecule has 0 radical (unpaired) electrons. The zero-order valence-corrected chi connectivity index (χ0v) is 11.0. The van der Waals surface area contributed by atoms with Crippen LogP contribution in [0, 0.1) is 0 Å². The van der Waals surface area contributed by atoms with Gasteiger partial charge in [-0.05, 0) is 36.2 Å². The van der Waals surface area contributed by atoms with Crippen LogP contribution >= 0.6 is 15.9 Å². The Balaban J connectivity index is 2.58. The van der Waals surface area contributed by atoms with E-state index in [4.69, 9.17) is 10.5 Å². The van der Waals surface area contributed by atoms with E-state index < -0.39 is 0 Å². The van der Waals surface area contributed by atoms with E-state index in [1.807, 2.05) is 24.3 Å². The fourth-order valence-corrected chi connectivity index (χ4v) is 2.02. The van der Waals surface area contributed by atoms with Crippen LogP contribution in [-0.4, -0.2) is 12.6 Å². The first kappa shape index (κ1) is 11.9. The van der Waals surface area contributed by atoms with Crippen LogP contribution in [0.25, 0.3) is 11.1 Å². The van der Waals surface area contributed by atoms with Crippen molar-refractivity contribution >= 4 is 27.6 Å². The molecule has 0 saturated heterocycles. The normalized spacial score (nSPS) is 10.5. The summed E-state index contributed by atoms with van der Waals surface area (Å²) >= 11 is 3.39. The largest absolute Gasteiger partial charge is 0.462 e. The van der Waals surface area contributed by atoms with Crippen LogP contribution in [-0.2, 0) is 4.74 Å². The van der Waals surface area contributed by atoms with Crippen molar-refractivity contribution < 1.29 is 9.53 Å². The van der Waals surface area contributed by atoms with Crippen molar-refractivity contribution in [3.05, 3.63) is 40.4 Å². The molecule has 2 rings (SSSR count). The van der Waals surface area contributed by atoms with Gasteiger partial charge >= 0.3 is 5.97 Å². The Morgan fingerprint density at radius 1 is 1.35 bits per heavy atom. The summed E-state index contributed by atoms with van der Waals surface area (Å²) in [5, 5.41) is 0. The molecule has 2 N–H and O–H groups in total. The maximum absolute atomic E-state index is 11.8. The number of halogens is 1. The van der Waals surface area contributed by atoms with Crippen LogP contribution < -0.4 is 5.73 Å². The molecule has 0 heterocycles. The van der Waals surface area contributed by atoms with E-state index >= 15 is 0 Å². The second-order valence-corrected chi connectivity index (χ2v) is 4.53. The molecule has 17 heavy (non-hydrogen) atoms. The molecule has 0 aromatic heterocycles. The smallest absolute Gasteiger partial charge is 0.340 e. The third-order valence-electron chi connectivity index (χ3n) is 2.49. The fraction of sp³-hybridized carbons (Fsp3) is 0.154. The maximum atomic E-state index is 11.8. The highest BCUT2D eigenvalue weighted by molar-refractivity contribution is 9.10. The Morgan fingerprint density at radius 2 is 2.06 bits per heavy atom. The van der Waals surface area contributed by atoms with Gasteiger partial charge in [0.25, 0.3) is 0 Å². The van der Waals surface area contributed by atoms with Crippen molar-refractivity contribution in [3.63, 3.8) is 0 Å². The first-order chi connectivity index (χ1) is 8.13. The lowest BCUT2D eigenvalue weighted by Crippen LogP contribution is -2.06. The Labute approximate surface area is 108 Å². The molecular weight excluding hydrogens is 282 g/mol. The predicted molar refractivity (Wildman–Crippen MR) is 71.1 cm³/mol. The highest BCUT2D eigenvalue weighted by atomic mass is 79.9. The van der Waals surface area contributed by atoms with Gasteiger partial charge in [-0.25, -0.2) is 4.79 Å². The highest BCUT2D eigenvalue weighted by Crippen LogP contribution is 2.34. The number of carbonyl (C=O) groups is 1. The lowest BCUT2D eigenvalue weighted by molar-refractivity contribution is 0.0529. The van der Waals surface area contributed by atoms with Gasteiger partial charge in [0.2, 0.25) is 0 Å². The first-order valence-corrected chi connectivity index (χ1v) is 6.07. The molecule has 4 heteroatoms. The van der Waals surface area contributed by atoms with E-state index in [-0.39, 0.29) is 5.97 Å². The summed E-state index contributed by atoms with van der Waals surface area (Å²) in [5.74, 6) is -0.373. The number of nitrogens with two attached hydrogens (primary N) is 1. The molecule has 0 bridgehead atoms. The number of anilines is 1. The van der Waals surface area contributed by atoms with Crippen molar-refractivity contribution in [1.29, 1.82) is 0 Å². The summed E-state index contributed by atoms with van der Waals surface area (Å²) in [6.07, 6.45) is 0. The standard InChI is InChI=1S/C13H12BrNO2/c1-2-17-13(16)12-10-6-5-9(14)4-3-8(10)7-11(12)15/h3-7H,2,15H2,1H3. The number of carbonyl (C=O) groups excluding carboxylic acids is 1. The molecule has 88 valence electrons. The molecule has 2 aliphatic carbocycles. The van der Waals surface area contributed by atoms with Crippen LogP contribution in [0.15, 0.2) is 34.8 Å². The highest BCUT2D eigenvalue weighted by Gasteiger charge is 2.20. The van der Waals surface area contributed by atoms with Crippen molar-refractivity contribution in [3.8, 4) is 11.1 Å². The number of rotatable bonds is 2. The molecule has 0 amide bonds. The lowest BCUT2D eigenvalue weighted by Gasteiger charge is -2.02. The third-order valence-corrected chi connectivity index (χ3v) is 3.02. The Hall–Kier alpha value is -1.55. The minimum Gasteiger partial charge on any atom is -0.462 e. The summed E-state index contributed by atoms with van der Waals surface area (Å²) in [4.78, 5) is 11.8. The number of ether oxygens (including phenoxy) is 1.